The first-order valence-electron chi connectivity index (χ1n) is 7.49. The Hall–Kier alpha value is -0.570. The summed E-state index contributed by atoms with van der Waals surface area (Å²) in [5.74, 6) is 0.265. The Morgan fingerprint density at radius 3 is 2.44 bits per heavy atom. The quantitative estimate of drug-likeness (QED) is 0.769. The average Bonchev–Trinajstić information content (AvgIpc) is 2.55. The lowest BCUT2D eigenvalue weighted by molar-refractivity contribution is -0.151. The zero-order chi connectivity index (χ0) is 13.2. The van der Waals surface area contributed by atoms with Gasteiger partial charge in [0.2, 0.25) is 0 Å². The number of aliphatic carboxylic acids is 1. The summed E-state index contributed by atoms with van der Waals surface area (Å²) in [4.78, 5) is 13.8. The zero-order valence-corrected chi connectivity index (χ0v) is 11.8. The molecule has 2 atom stereocenters. The van der Waals surface area contributed by atoms with E-state index < -0.39 is 11.4 Å². The van der Waals surface area contributed by atoms with E-state index in [1.54, 1.807) is 0 Å². The fourth-order valence-corrected chi connectivity index (χ4v) is 3.43. The van der Waals surface area contributed by atoms with Crippen LogP contribution < -0.4 is 0 Å². The van der Waals surface area contributed by atoms with Gasteiger partial charge in [-0.25, -0.2) is 0 Å². The third-order valence-corrected chi connectivity index (χ3v) is 5.16. The van der Waals surface area contributed by atoms with Gasteiger partial charge in [0.25, 0.3) is 0 Å². The van der Waals surface area contributed by atoms with Crippen molar-refractivity contribution >= 4 is 5.97 Å². The van der Waals surface area contributed by atoms with Crippen molar-refractivity contribution in [2.45, 2.75) is 64.8 Å². The summed E-state index contributed by atoms with van der Waals surface area (Å²) in [5, 5.41) is 9.26. The minimum Gasteiger partial charge on any atom is -0.481 e. The molecule has 0 aromatic heterocycles. The van der Waals surface area contributed by atoms with Gasteiger partial charge >= 0.3 is 5.97 Å². The maximum atomic E-state index is 11.2. The van der Waals surface area contributed by atoms with E-state index >= 15 is 0 Å². The molecular formula is C15H27NO2. The van der Waals surface area contributed by atoms with E-state index in [0.29, 0.717) is 6.04 Å². The minimum absolute atomic E-state index is 0.478. The van der Waals surface area contributed by atoms with E-state index in [-0.39, 0.29) is 0 Å². The first-order chi connectivity index (χ1) is 8.51. The van der Waals surface area contributed by atoms with E-state index in [4.69, 9.17) is 0 Å². The van der Waals surface area contributed by atoms with Gasteiger partial charge in [0.15, 0.2) is 0 Å². The van der Waals surface area contributed by atoms with Crippen LogP contribution in [0.1, 0.15) is 58.8 Å². The first kappa shape index (κ1) is 13.9. The van der Waals surface area contributed by atoms with Crippen molar-refractivity contribution in [3.05, 3.63) is 0 Å². The highest BCUT2D eigenvalue weighted by atomic mass is 16.4. The summed E-state index contributed by atoms with van der Waals surface area (Å²) in [5.41, 5.74) is -0.478. The number of carbonyl (C=O) groups is 1. The molecule has 1 heterocycles. The summed E-state index contributed by atoms with van der Waals surface area (Å²) in [7, 11) is 0. The van der Waals surface area contributed by atoms with Crippen molar-refractivity contribution in [3.63, 3.8) is 0 Å². The van der Waals surface area contributed by atoms with Crippen LogP contribution in [0.25, 0.3) is 0 Å². The van der Waals surface area contributed by atoms with Crippen LogP contribution in [-0.2, 0) is 4.79 Å². The topological polar surface area (TPSA) is 40.5 Å². The van der Waals surface area contributed by atoms with Crippen LogP contribution in [-0.4, -0.2) is 35.1 Å². The highest BCUT2D eigenvalue weighted by molar-refractivity contribution is 5.74. The molecule has 1 N–H and O–H groups in total. The third kappa shape index (κ3) is 3.05. The Labute approximate surface area is 111 Å². The average molecular weight is 253 g/mol. The zero-order valence-electron chi connectivity index (χ0n) is 11.8. The second-order valence-corrected chi connectivity index (χ2v) is 6.67. The van der Waals surface area contributed by atoms with Crippen LogP contribution in [0.15, 0.2) is 0 Å². The maximum Gasteiger partial charge on any atom is 0.309 e. The fraction of sp³-hybridized carbons (Fsp3) is 0.933. The molecule has 0 aromatic carbocycles. The molecule has 2 aliphatic rings. The molecule has 1 saturated heterocycles. The predicted octanol–water partition coefficient (Wildman–Crippen LogP) is 3.14. The number of piperidine rings is 1. The minimum atomic E-state index is -0.614. The normalized spacial score (nSPS) is 33.9. The Morgan fingerprint density at radius 1 is 1.17 bits per heavy atom. The molecule has 104 valence electrons. The molecule has 2 unspecified atom stereocenters. The molecule has 1 aliphatic heterocycles. The molecule has 18 heavy (non-hydrogen) atoms. The van der Waals surface area contributed by atoms with Crippen molar-refractivity contribution in [2.24, 2.45) is 11.3 Å². The number of carboxylic acid groups (broad SMARTS) is 1. The van der Waals surface area contributed by atoms with E-state index in [0.717, 1.165) is 31.8 Å². The molecule has 1 aliphatic carbocycles. The number of rotatable bonds is 2. The standard InChI is InChI=1S/C15H27NO2/c1-12-4-3-5-13(7-6-12)16-10-8-15(2,9-11-16)14(17)18/h12-13H,3-11H2,1-2H3,(H,17,18). The SMILES string of the molecule is CC1CCCC(N2CCC(C)(C(=O)O)CC2)CC1. The van der Waals surface area contributed by atoms with Crippen LogP contribution in [0.4, 0.5) is 0 Å². The summed E-state index contributed by atoms with van der Waals surface area (Å²) < 4.78 is 0. The van der Waals surface area contributed by atoms with Crippen molar-refractivity contribution < 1.29 is 9.90 Å². The highest BCUT2D eigenvalue weighted by Crippen LogP contribution is 2.34. The van der Waals surface area contributed by atoms with Gasteiger partial charge in [0.1, 0.15) is 0 Å². The lowest BCUT2D eigenvalue weighted by atomic mass is 9.80. The number of likely N-dealkylation sites (tertiary alicyclic amines) is 1. The Balaban J connectivity index is 1.87. The molecule has 0 bridgehead atoms. The van der Waals surface area contributed by atoms with Gasteiger partial charge in [-0.15, -0.1) is 0 Å². The molecular weight excluding hydrogens is 226 g/mol. The monoisotopic (exact) mass is 253 g/mol. The molecule has 3 nitrogen and oxygen atoms in total. The highest BCUT2D eigenvalue weighted by Gasteiger charge is 2.38. The molecule has 2 rings (SSSR count). The summed E-state index contributed by atoms with van der Waals surface area (Å²) in [6, 6.07) is 0.716. The molecule has 0 aromatic rings. The van der Waals surface area contributed by atoms with Crippen LogP contribution in [0.2, 0.25) is 0 Å². The van der Waals surface area contributed by atoms with Gasteiger partial charge in [-0.3, -0.25) is 4.79 Å². The van der Waals surface area contributed by atoms with Crippen molar-refractivity contribution in [1.82, 2.24) is 4.90 Å². The van der Waals surface area contributed by atoms with Gasteiger partial charge in [-0.1, -0.05) is 19.8 Å². The van der Waals surface area contributed by atoms with Gasteiger partial charge in [-0.2, -0.15) is 0 Å². The third-order valence-electron chi connectivity index (χ3n) is 5.16. The van der Waals surface area contributed by atoms with Crippen molar-refractivity contribution in [1.29, 1.82) is 0 Å². The number of hydrogen-bond acceptors (Lipinski definition) is 2. The lowest BCUT2D eigenvalue weighted by Crippen LogP contribution is -2.46. The van der Waals surface area contributed by atoms with Gasteiger partial charge < -0.3 is 10.0 Å². The van der Waals surface area contributed by atoms with E-state index in [9.17, 15) is 9.90 Å². The fourth-order valence-electron chi connectivity index (χ4n) is 3.43. The molecule has 1 saturated carbocycles. The number of nitrogens with zero attached hydrogens (tertiary/aromatic N) is 1. The van der Waals surface area contributed by atoms with Gasteiger partial charge in [0.05, 0.1) is 5.41 Å². The number of carboxylic acids is 1. The lowest BCUT2D eigenvalue weighted by Gasteiger charge is -2.40. The van der Waals surface area contributed by atoms with Crippen LogP contribution >= 0.6 is 0 Å². The van der Waals surface area contributed by atoms with E-state index in [1.165, 1.54) is 32.1 Å². The first-order valence-corrected chi connectivity index (χ1v) is 7.49. The van der Waals surface area contributed by atoms with Gasteiger partial charge in [-0.05, 0) is 58.0 Å². The van der Waals surface area contributed by atoms with Gasteiger partial charge in [0, 0.05) is 6.04 Å². The van der Waals surface area contributed by atoms with Crippen LogP contribution in [0.3, 0.4) is 0 Å². The number of hydrogen-bond donors (Lipinski definition) is 1. The second-order valence-electron chi connectivity index (χ2n) is 6.67. The molecule has 0 spiro atoms. The molecule has 0 radical (unpaired) electrons. The van der Waals surface area contributed by atoms with Crippen LogP contribution in [0.5, 0.6) is 0 Å². The summed E-state index contributed by atoms with van der Waals surface area (Å²) in [6.45, 7) is 6.21. The molecule has 0 amide bonds. The summed E-state index contributed by atoms with van der Waals surface area (Å²) >= 11 is 0. The largest absolute Gasteiger partial charge is 0.481 e. The molecule has 2 fully saturated rings. The van der Waals surface area contributed by atoms with Crippen LogP contribution in [0, 0.1) is 11.3 Å². The molecule has 3 heteroatoms. The van der Waals surface area contributed by atoms with E-state index in [2.05, 4.69) is 11.8 Å². The Morgan fingerprint density at radius 2 is 1.83 bits per heavy atom. The van der Waals surface area contributed by atoms with Crippen molar-refractivity contribution in [3.8, 4) is 0 Å². The summed E-state index contributed by atoms with van der Waals surface area (Å²) in [6.07, 6.45) is 8.31. The second kappa shape index (κ2) is 5.60. The smallest absolute Gasteiger partial charge is 0.309 e. The van der Waals surface area contributed by atoms with E-state index in [1.807, 2.05) is 6.92 Å². The Bertz CT molecular complexity index is 295. The Kier molecular flexibility index (Phi) is 4.31. The van der Waals surface area contributed by atoms with Crippen molar-refractivity contribution in [2.75, 3.05) is 13.1 Å². The maximum absolute atomic E-state index is 11.2. The predicted molar refractivity (Wildman–Crippen MR) is 72.6 cm³/mol.